The molecule has 0 unspecified atom stereocenters. The van der Waals surface area contributed by atoms with Crippen LogP contribution in [-0.4, -0.2) is 9.55 Å². The van der Waals surface area contributed by atoms with Gasteiger partial charge in [-0.25, -0.2) is 4.98 Å². The van der Waals surface area contributed by atoms with Crippen LogP contribution in [0.5, 0.6) is 0 Å². The molecule has 5 heteroatoms. The Kier molecular flexibility index (Phi) is 4.45. The van der Waals surface area contributed by atoms with E-state index in [4.69, 9.17) is 16.6 Å². The molecule has 26 heavy (non-hydrogen) atoms. The summed E-state index contributed by atoms with van der Waals surface area (Å²) in [4.78, 5) is 17.8. The Morgan fingerprint density at radius 1 is 1.04 bits per heavy atom. The fourth-order valence-corrected chi connectivity index (χ4v) is 3.82. The van der Waals surface area contributed by atoms with Gasteiger partial charge in [0.25, 0.3) is 5.56 Å². The number of halogens is 1. The van der Waals surface area contributed by atoms with Crippen molar-refractivity contribution in [3.63, 3.8) is 0 Å². The van der Waals surface area contributed by atoms with Gasteiger partial charge in [-0.2, -0.15) is 0 Å². The van der Waals surface area contributed by atoms with E-state index in [2.05, 4.69) is 0 Å². The van der Waals surface area contributed by atoms with E-state index in [-0.39, 0.29) is 5.56 Å². The lowest BCUT2D eigenvalue weighted by atomic mass is 10.2. The average molecular weight is 379 g/mol. The molecule has 0 aliphatic carbocycles. The molecule has 0 N–H and O–H groups in total. The lowest BCUT2D eigenvalue weighted by Gasteiger charge is -2.12. The van der Waals surface area contributed by atoms with Crippen molar-refractivity contribution in [1.82, 2.24) is 9.55 Å². The molecule has 3 nitrogen and oxygen atoms in total. The number of para-hydroxylation sites is 1. The molecule has 0 amide bonds. The molecule has 0 fully saturated rings. The van der Waals surface area contributed by atoms with E-state index in [1.54, 1.807) is 4.57 Å². The number of rotatable bonds is 3. The van der Waals surface area contributed by atoms with Crippen molar-refractivity contribution < 1.29 is 0 Å². The molecular weight excluding hydrogens is 364 g/mol. The van der Waals surface area contributed by atoms with Gasteiger partial charge >= 0.3 is 0 Å². The summed E-state index contributed by atoms with van der Waals surface area (Å²) in [5, 5.41) is 2.55. The molecule has 2 aromatic heterocycles. The van der Waals surface area contributed by atoms with E-state index in [0.717, 1.165) is 16.8 Å². The topological polar surface area (TPSA) is 34.9 Å². The van der Waals surface area contributed by atoms with Gasteiger partial charge in [0.2, 0.25) is 0 Å². The van der Waals surface area contributed by atoms with Crippen LogP contribution in [0.1, 0.15) is 17.0 Å². The molecule has 2 heterocycles. The largest absolute Gasteiger partial charge is 0.276 e. The Morgan fingerprint density at radius 3 is 2.62 bits per heavy atom. The van der Waals surface area contributed by atoms with E-state index >= 15 is 0 Å². The third-order valence-corrected chi connectivity index (χ3v) is 5.42. The number of fused-ring (bicyclic) bond motifs is 1. The monoisotopic (exact) mass is 378 g/mol. The minimum atomic E-state index is -0.0573. The Hall–Kier alpha value is -2.69. The highest BCUT2D eigenvalue weighted by Crippen LogP contribution is 2.22. The predicted molar refractivity (Wildman–Crippen MR) is 110 cm³/mol. The first-order valence-electron chi connectivity index (χ1n) is 8.14. The quantitative estimate of drug-likeness (QED) is 0.466. The van der Waals surface area contributed by atoms with Gasteiger partial charge in [0.05, 0.1) is 11.2 Å². The van der Waals surface area contributed by atoms with Gasteiger partial charge in [-0.1, -0.05) is 48.0 Å². The van der Waals surface area contributed by atoms with Gasteiger partial charge in [-0.05, 0) is 53.8 Å². The fraction of sp³-hybridized carbons (Fsp3) is 0.0476. The van der Waals surface area contributed by atoms with E-state index in [9.17, 15) is 4.79 Å². The molecular formula is C21H15ClN2OS. The van der Waals surface area contributed by atoms with E-state index in [1.807, 2.05) is 79.1 Å². The summed E-state index contributed by atoms with van der Waals surface area (Å²) in [7, 11) is 0. The first-order valence-corrected chi connectivity index (χ1v) is 9.40. The molecule has 4 aromatic rings. The van der Waals surface area contributed by atoms with E-state index < -0.39 is 0 Å². The number of thiophene rings is 1. The molecule has 0 radical (unpaired) electrons. The van der Waals surface area contributed by atoms with Crippen LogP contribution in [0.2, 0.25) is 5.02 Å². The van der Waals surface area contributed by atoms with Crippen LogP contribution >= 0.6 is 22.9 Å². The van der Waals surface area contributed by atoms with Gasteiger partial charge in [0.15, 0.2) is 0 Å². The summed E-state index contributed by atoms with van der Waals surface area (Å²) < 4.78 is 2.32. The third-order valence-electron chi connectivity index (χ3n) is 4.18. The highest BCUT2D eigenvalue weighted by Gasteiger charge is 2.13. The standard InChI is InChI=1S/C21H15ClN2OS/c1-14-6-2-5-9-18(14)24-19(11-10-15-7-3-4-8-16(15)22)23-17-12-13-26-20(17)21(24)25/h2-13H,1H3/b11-10+. The zero-order valence-corrected chi connectivity index (χ0v) is 15.6. The van der Waals surface area contributed by atoms with Crippen molar-refractivity contribution in [2.45, 2.75) is 6.92 Å². The van der Waals surface area contributed by atoms with Gasteiger partial charge in [-0.15, -0.1) is 11.3 Å². The van der Waals surface area contributed by atoms with Crippen molar-refractivity contribution in [2.75, 3.05) is 0 Å². The van der Waals surface area contributed by atoms with Gasteiger partial charge in [-0.3, -0.25) is 9.36 Å². The Labute approximate surface area is 159 Å². The van der Waals surface area contributed by atoms with Gasteiger partial charge in [0, 0.05) is 5.02 Å². The summed E-state index contributed by atoms with van der Waals surface area (Å²) >= 11 is 7.66. The second-order valence-electron chi connectivity index (χ2n) is 5.89. The van der Waals surface area contributed by atoms with Crippen LogP contribution in [0.15, 0.2) is 64.8 Å². The van der Waals surface area contributed by atoms with Crippen LogP contribution in [-0.2, 0) is 0 Å². The number of nitrogens with zero attached hydrogens (tertiary/aromatic N) is 2. The molecule has 0 aliphatic heterocycles. The van der Waals surface area contributed by atoms with Crippen molar-refractivity contribution in [3.05, 3.63) is 92.3 Å². The first-order chi connectivity index (χ1) is 12.6. The lowest BCUT2D eigenvalue weighted by molar-refractivity contribution is 0.938. The molecule has 0 bridgehead atoms. The zero-order valence-electron chi connectivity index (χ0n) is 14.0. The van der Waals surface area contributed by atoms with Crippen LogP contribution in [0.3, 0.4) is 0 Å². The Morgan fingerprint density at radius 2 is 1.81 bits per heavy atom. The second kappa shape index (κ2) is 6.90. The van der Waals surface area contributed by atoms with Crippen LogP contribution in [0, 0.1) is 6.92 Å². The molecule has 0 atom stereocenters. The van der Waals surface area contributed by atoms with Crippen LogP contribution < -0.4 is 5.56 Å². The predicted octanol–water partition coefficient (Wildman–Crippen LogP) is 5.58. The maximum atomic E-state index is 13.1. The van der Waals surface area contributed by atoms with Crippen LogP contribution in [0.25, 0.3) is 28.1 Å². The zero-order chi connectivity index (χ0) is 18.1. The minimum absolute atomic E-state index is 0.0573. The second-order valence-corrected chi connectivity index (χ2v) is 7.21. The summed E-state index contributed by atoms with van der Waals surface area (Å²) in [6, 6.07) is 17.3. The third kappa shape index (κ3) is 2.98. The molecule has 4 rings (SSSR count). The summed E-state index contributed by atoms with van der Waals surface area (Å²) in [6.07, 6.45) is 3.73. The summed E-state index contributed by atoms with van der Waals surface area (Å²) in [6.45, 7) is 1.99. The highest BCUT2D eigenvalue weighted by atomic mass is 35.5. The number of aromatic nitrogens is 2. The van der Waals surface area contributed by atoms with Crippen molar-refractivity contribution in [3.8, 4) is 5.69 Å². The normalized spacial score (nSPS) is 11.5. The first kappa shape index (κ1) is 16.8. The number of hydrogen-bond donors (Lipinski definition) is 0. The molecule has 0 spiro atoms. The Balaban J connectivity index is 1.96. The van der Waals surface area contributed by atoms with Gasteiger partial charge < -0.3 is 0 Å². The maximum absolute atomic E-state index is 13.1. The highest BCUT2D eigenvalue weighted by molar-refractivity contribution is 7.17. The smallest absolute Gasteiger partial charge is 0.267 e. The molecule has 2 aromatic carbocycles. The summed E-state index contributed by atoms with van der Waals surface area (Å²) in [5.41, 5.74) is 3.38. The average Bonchev–Trinajstić information content (AvgIpc) is 3.11. The van der Waals surface area contributed by atoms with Gasteiger partial charge in [0.1, 0.15) is 10.5 Å². The van der Waals surface area contributed by atoms with Crippen molar-refractivity contribution >= 4 is 45.3 Å². The number of aryl methyl sites for hydroxylation is 1. The van der Waals surface area contributed by atoms with E-state index in [0.29, 0.717) is 21.1 Å². The molecule has 0 saturated heterocycles. The van der Waals surface area contributed by atoms with Crippen molar-refractivity contribution in [2.24, 2.45) is 0 Å². The minimum Gasteiger partial charge on any atom is -0.267 e. The number of benzene rings is 2. The molecule has 0 aliphatic rings. The van der Waals surface area contributed by atoms with Crippen molar-refractivity contribution in [1.29, 1.82) is 0 Å². The Bertz CT molecular complexity index is 1190. The fourth-order valence-electron chi connectivity index (χ4n) is 2.86. The molecule has 128 valence electrons. The van der Waals surface area contributed by atoms with E-state index in [1.165, 1.54) is 11.3 Å². The SMILES string of the molecule is Cc1ccccc1-n1c(/C=C/c2ccccc2Cl)nc2ccsc2c1=O. The van der Waals surface area contributed by atoms with Crippen LogP contribution in [0.4, 0.5) is 0 Å². The summed E-state index contributed by atoms with van der Waals surface area (Å²) in [5.74, 6) is 0.579. The lowest BCUT2D eigenvalue weighted by Crippen LogP contribution is -2.22. The maximum Gasteiger partial charge on any atom is 0.276 e. The molecule has 0 saturated carbocycles. The number of hydrogen-bond acceptors (Lipinski definition) is 3.